The molecule has 0 aliphatic heterocycles. The third-order valence-corrected chi connectivity index (χ3v) is 5.42. The van der Waals surface area contributed by atoms with Crippen molar-refractivity contribution in [1.82, 2.24) is 4.98 Å². The van der Waals surface area contributed by atoms with E-state index in [1.807, 2.05) is 18.2 Å². The minimum atomic E-state index is -4.33. The molecule has 1 nitrogen and oxygen atoms in total. The summed E-state index contributed by atoms with van der Waals surface area (Å²) in [7, 11) is 0. The summed E-state index contributed by atoms with van der Waals surface area (Å²) in [6.07, 6.45) is -2.73. The number of thiazole rings is 1. The van der Waals surface area contributed by atoms with Gasteiger partial charge in [0.1, 0.15) is 5.01 Å². The van der Waals surface area contributed by atoms with Crippen molar-refractivity contribution in [1.29, 1.82) is 0 Å². The van der Waals surface area contributed by atoms with E-state index < -0.39 is 11.7 Å². The fraction of sp³-hybridized carbons (Fsp3) is 0.211. The molecular formula is C19H15ClF3NS. The zero-order chi connectivity index (χ0) is 17.9. The molecule has 0 saturated heterocycles. The average molecular weight is 382 g/mol. The lowest BCUT2D eigenvalue weighted by atomic mass is 10.1. The van der Waals surface area contributed by atoms with Gasteiger partial charge in [-0.2, -0.15) is 13.2 Å². The summed E-state index contributed by atoms with van der Waals surface area (Å²) >= 11 is 7.46. The highest BCUT2D eigenvalue weighted by Gasteiger charge is 2.30. The lowest BCUT2D eigenvalue weighted by Crippen LogP contribution is -2.03. The van der Waals surface area contributed by atoms with E-state index in [1.165, 1.54) is 29.0 Å². The molecule has 0 fully saturated rings. The zero-order valence-corrected chi connectivity index (χ0v) is 14.8. The molecule has 0 N–H and O–H groups in total. The minimum absolute atomic E-state index is 0.350. The lowest BCUT2D eigenvalue weighted by Gasteiger charge is -2.06. The van der Waals surface area contributed by atoms with Crippen molar-refractivity contribution < 1.29 is 13.2 Å². The molecule has 0 aliphatic carbocycles. The smallest absolute Gasteiger partial charge is 0.241 e. The molecule has 130 valence electrons. The van der Waals surface area contributed by atoms with Crippen LogP contribution in [0.1, 0.15) is 21.7 Å². The van der Waals surface area contributed by atoms with Crippen LogP contribution < -0.4 is 0 Å². The predicted octanol–water partition coefficient (Wildman–Crippen LogP) is 6.35. The van der Waals surface area contributed by atoms with E-state index in [2.05, 4.69) is 17.1 Å². The van der Waals surface area contributed by atoms with Crippen LogP contribution in [0.25, 0.3) is 10.6 Å². The van der Waals surface area contributed by atoms with Crippen molar-refractivity contribution in [3.63, 3.8) is 0 Å². The summed E-state index contributed by atoms with van der Waals surface area (Å²) in [6.45, 7) is 0. The molecule has 0 radical (unpaired) electrons. The number of alkyl halides is 4. The molecule has 0 unspecified atom stereocenters. The number of aryl methyl sites for hydroxylation is 2. The van der Waals surface area contributed by atoms with E-state index in [-0.39, 0.29) is 0 Å². The third kappa shape index (κ3) is 4.41. The van der Waals surface area contributed by atoms with E-state index in [9.17, 15) is 13.2 Å². The van der Waals surface area contributed by atoms with Crippen LogP contribution in [-0.4, -0.2) is 4.98 Å². The van der Waals surface area contributed by atoms with Crippen molar-refractivity contribution >= 4 is 22.9 Å². The first-order valence-corrected chi connectivity index (χ1v) is 9.08. The Hall–Kier alpha value is -1.85. The van der Waals surface area contributed by atoms with E-state index >= 15 is 0 Å². The lowest BCUT2D eigenvalue weighted by molar-refractivity contribution is -0.137. The highest BCUT2D eigenvalue weighted by atomic mass is 35.5. The Morgan fingerprint density at radius 2 is 1.60 bits per heavy atom. The van der Waals surface area contributed by atoms with E-state index in [1.54, 1.807) is 0 Å². The largest absolute Gasteiger partial charge is 0.416 e. The summed E-state index contributed by atoms with van der Waals surface area (Å²) in [5, 5.41) is 0.701. The molecule has 0 aliphatic rings. The van der Waals surface area contributed by atoms with Gasteiger partial charge in [-0.15, -0.1) is 22.9 Å². The van der Waals surface area contributed by atoms with E-state index in [4.69, 9.17) is 11.6 Å². The number of hydrogen-bond donors (Lipinski definition) is 0. The first-order chi connectivity index (χ1) is 12.0. The number of nitrogens with zero attached hydrogens (tertiary/aromatic N) is 1. The second-order valence-corrected chi connectivity index (χ2v) is 6.93. The highest BCUT2D eigenvalue weighted by Crippen LogP contribution is 2.33. The summed E-state index contributed by atoms with van der Waals surface area (Å²) in [4.78, 5) is 5.58. The van der Waals surface area contributed by atoms with Crippen LogP contribution in [0, 0.1) is 0 Å². The van der Waals surface area contributed by atoms with Gasteiger partial charge in [0.25, 0.3) is 0 Å². The number of rotatable bonds is 5. The van der Waals surface area contributed by atoms with E-state index in [0.29, 0.717) is 16.5 Å². The maximum atomic E-state index is 12.7. The van der Waals surface area contributed by atoms with Crippen LogP contribution >= 0.6 is 22.9 Å². The van der Waals surface area contributed by atoms with Crippen molar-refractivity contribution in [2.75, 3.05) is 0 Å². The molecule has 2 aromatic carbocycles. The van der Waals surface area contributed by atoms with Crippen molar-refractivity contribution in [2.45, 2.75) is 24.9 Å². The fourth-order valence-electron chi connectivity index (χ4n) is 2.52. The molecule has 6 heteroatoms. The van der Waals surface area contributed by atoms with Crippen LogP contribution in [0.2, 0.25) is 0 Å². The summed E-state index contributed by atoms with van der Waals surface area (Å²) in [6, 6.07) is 15.2. The molecule has 0 spiro atoms. The maximum absolute atomic E-state index is 12.7. The molecule has 0 amide bonds. The molecule has 1 aromatic heterocycles. The van der Waals surface area contributed by atoms with Gasteiger partial charge in [-0.1, -0.05) is 42.5 Å². The Balaban J connectivity index is 1.80. The van der Waals surface area contributed by atoms with Gasteiger partial charge in [0.2, 0.25) is 0 Å². The van der Waals surface area contributed by atoms with E-state index in [0.717, 1.165) is 35.5 Å². The van der Waals surface area contributed by atoms with Crippen LogP contribution in [-0.2, 0) is 24.9 Å². The molecule has 0 atom stereocenters. The Kier molecular flexibility index (Phi) is 5.45. The zero-order valence-electron chi connectivity index (χ0n) is 13.2. The Morgan fingerprint density at radius 3 is 2.20 bits per heavy atom. The second kappa shape index (κ2) is 7.58. The third-order valence-electron chi connectivity index (χ3n) is 3.85. The molecule has 1 heterocycles. The van der Waals surface area contributed by atoms with Crippen LogP contribution in [0.3, 0.4) is 0 Å². The van der Waals surface area contributed by atoms with Crippen LogP contribution in [0.5, 0.6) is 0 Å². The van der Waals surface area contributed by atoms with Gasteiger partial charge in [0.15, 0.2) is 0 Å². The van der Waals surface area contributed by atoms with Gasteiger partial charge in [0.05, 0.1) is 17.1 Å². The van der Waals surface area contributed by atoms with Crippen molar-refractivity contribution in [3.8, 4) is 10.6 Å². The number of aromatic nitrogens is 1. The summed E-state index contributed by atoms with van der Waals surface area (Å²) in [5.41, 5.74) is 2.15. The van der Waals surface area contributed by atoms with Gasteiger partial charge < -0.3 is 0 Å². The summed E-state index contributed by atoms with van der Waals surface area (Å²) in [5.74, 6) is 0.350. The first kappa shape index (κ1) is 18.0. The average Bonchev–Trinajstić information content (AvgIpc) is 3.03. The Morgan fingerprint density at radius 1 is 0.920 bits per heavy atom. The Bertz CT molecular complexity index is 826. The van der Waals surface area contributed by atoms with Gasteiger partial charge in [-0.25, -0.2) is 4.98 Å². The Labute approximate surface area is 153 Å². The van der Waals surface area contributed by atoms with Crippen molar-refractivity contribution in [3.05, 3.63) is 76.3 Å². The van der Waals surface area contributed by atoms with Gasteiger partial charge >= 0.3 is 6.18 Å². The quantitative estimate of drug-likeness (QED) is 0.469. The number of benzene rings is 2. The first-order valence-electron chi connectivity index (χ1n) is 7.73. The molecule has 0 bridgehead atoms. The SMILES string of the molecule is FC(F)(F)c1ccc(-c2nc(CCc3ccccc3)c(CCl)s2)cc1. The predicted molar refractivity (Wildman–Crippen MR) is 96.0 cm³/mol. The standard InChI is InChI=1S/C19H15ClF3NS/c20-12-17-16(11-6-13-4-2-1-3-5-13)24-18(25-17)14-7-9-15(10-8-14)19(21,22)23/h1-5,7-10H,6,11-12H2. The van der Waals surface area contributed by atoms with Crippen LogP contribution in [0.4, 0.5) is 13.2 Å². The molecule has 3 rings (SSSR count). The monoisotopic (exact) mass is 381 g/mol. The number of halogens is 4. The molecule has 0 saturated carbocycles. The fourth-order valence-corrected chi connectivity index (χ4v) is 3.80. The normalized spacial score (nSPS) is 11.7. The summed E-state index contributed by atoms with van der Waals surface area (Å²) < 4.78 is 38.0. The van der Waals surface area contributed by atoms with Gasteiger partial charge in [-0.05, 0) is 30.5 Å². The maximum Gasteiger partial charge on any atom is 0.416 e. The van der Waals surface area contributed by atoms with Crippen molar-refractivity contribution in [2.24, 2.45) is 0 Å². The topological polar surface area (TPSA) is 12.9 Å². The molecule has 25 heavy (non-hydrogen) atoms. The molecular weight excluding hydrogens is 367 g/mol. The van der Waals surface area contributed by atoms with Gasteiger partial charge in [0, 0.05) is 10.4 Å². The highest BCUT2D eigenvalue weighted by molar-refractivity contribution is 7.15. The number of hydrogen-bond acceptors (Lipinski definition) is 2. The van der Waals surface area contributed by atoms with Gasteiger partial charge in [-0.3, -0.25) is 0 Å². The molecule has 3 aromatic rings. The minimum Gasteiger partial charge on any atom is -0.241 e. The van der Waals surface area contributed by atoms with Crippen LogP contribution in [0.15, 0.2) is 54.6 Å². The second-order valence-electron chi connectivity index (χ2n) is 5.58.